The van der Waals surface area contributed by atoms with Crippen LogP contribution in [0.1, 0.15) is 33.4 Å². The minimum atomic E-state index is -4.51. The van der Waals surface area contributed by atoms with Crippen LogP contribution in [-0.4, -0.2) is 18.1 Å². The standard InChI is InChI=1S/C42H42O7Si2/c1-31-7-19-37(20-8-31)43-50(44-38-21-9-32(2)10-22-38,45-39-23-11-33(3)12-24-39)49-51(46-40-25-13-34(4)14-26-40,47-41-27-15-35(5)16-28-41)48-42-29-17-36(6)18-30-42/h7-30H,1-6H3. The third kappa shape index (κ3) is 9.82. The Morgan fingerprint density at radius 3 is 0.510 bits per heavy atom. The van der Waals surface area contributed by atoms with Gasteiger partial charge in [0.25, 0.3) is 0 Å². The first-order valence-corrected chi connectivity index (χ1v) is 20.1. The molecule has 0 aliphatic heterocycles. The zero-order valence-corrected chi connectivity index (χ0v) is 31.7. The Morgan fingerprint density at radius 2 is 0.373 bits per heavy atom. The molecule has 6 aromatic rings. The molecule has 0 unspecified atom stereocenters. The minimum Gasteiger partial charge on any atom is -0.462 e. The summed E-state index contributed by atoms with van der Waals surface area (Å²) in [6.07, 6.45) is 0. The molecular weight excluding hydrogens is 673 g/mol. The van der Waals surface area contributed by atoms with Crippen molar-refractivity contribution in [1.29, 1.82) is 0 Å². The van der Waals surface area contributed by atoms with E-state index in [-0.39, 0.29) is 0 Å². The van der Waals surface area contributed by atoms with Crippen LogP contribution in [0.2, 0.25) is 0 Å². The van der Waals surface area contributed by atoms with Crippen molar-refractivity contribution in [1.82, 2.24) is 0 Å². The summed E-state index contributed by atoms with van der Waals surface area (Å²) in [6, 6.07) is 45.6. The summed E-state index contributed by atoms with van der Waals surface area (Å²) in [7, 11) is -9.03. The average Bonchev–Trinajstić information content (AvgIpc) is 3.11. The maximum atomic E-state index is 7.18. The fraction of sp³-hybridized carbons (Fsp3) is 0.143. The van der Waals surface area contributed by atoms with Crippen molar-refractivity contribution >= 4 is 18.1 Å². The second-order valence-electron chi connectivity index (χ2n) is 12.6. The molecule has 260 valence electrons. The number of hydrogen-bond acceptors (Lipinski definition) is 7. The molecular formula is C42H42O7Si2. The molecule has 0 spiro atoms. The van der Waals surface area contributed by atoms with Gasteiger partial charge in [0.1, 0.15) is 34.5 Å². The molecule has 0 aliphatic carbocycles. The van der Waals surface area contributed by atoms with E-state index in [0.717, 1.165) is 33.4 Å². The van der Waals surface area contributed by atoms with E-state index < -0.39 is 18.1 Å². The van der Waals surface area contributed by atoms with Crippen LogP contribution in [0, 0.1) is 41.5 Å². The number of hydrogen-bond donors (Lipinski definition) is 0. The molecule has 6 aromatic carbocycles. The molecule has 0 fully saturated rings. The minimum absolute atomic E-state index is 0.468. The Bertz CT molecular complexity index is 1620. The highest BCUT2D eigenvalue weighted by atomic mass is 28.5. The van der Waals surface area contributed by atoms with Crippen molar-refractivity contribution in [2.24, 2.45) is 0 Å². The van der Waals surface area contributed by atoms with Gasteiger partial charge in [0, 0.05) is 0 Å². The highest BCUT2D eigenvalue weighted by Gasteiger charge is 2.70. The first-order chi connectivity index (χ1) is 24.5. The lowest BCUT2D eigenvalue weighted by Crippen LogP contribution is -2.70. The lowest BCUT2D eigenvalue weighted by atomic mass is 10.2. The van der Waals surface area contributed by atoms with Gasteiger partial charge in [-0.05, 0) is 114 Å². The van der Waals surface area contributed by atoms with Gasteiger partial charge < -0.3 is 26.6 Å². The summed E-state index contributed by atoms with van der Waals surface area (Å²) >= 11 is 0. The van der Waals surface area contributed by atoms with Crippen molar-refractivity contribution in [3.05, 3.63) is 179 Å². The fourth-order valence-corrected chi connectivity index (χ4v) is 9.93. The predicted molar refractivity (Wildman–Crippen MR) is 203 cm³/mol. The predicted octanol–water partition coefficient (Wildman–Crippen LogP) is 10.2. The molecule has 9 heteroatoms. The van der Waals surface area contributed by atoms with Gasteiger partial charge in [0.05, 0.1) is 0 Å². The average molecular weight is 715 g/mol. The number of benzene rings is 6. The zero-order chi connectivity index (χ0) is 35.8. The fourth-order valence-electron chi connectivity index (χ4n) is 4.91. The molecule has 51 heavy (non-hydrogen) atoms. The van der Waals surface area contributed by atoms with E-state index in [2.05, 4.69) is 0 Å². The van der Waals surface area contributed by atoms with E-state index in [0.29, 0.717) is 34.5 Å². The Morgan fingerprint density at radius 1 is 0.235 bits per heavy atom. The molecule has 0 heterocycles. The highest BCUT2D eigenvalue weighted by molar-refractivity contribution is 6.70. The molecule has 7 nitrogen and oxygen atoms in total. The Labute approximate surface area is 302 Å². The van der Waals surface area contributed by atoms with Crippen molar-refractivity contribution in [3.8, 4) is 34.5 Å². The summed E-state index contributed by atoms with van der Waals surface area (Å²) in [6.45, 7) is 12.1. The summed E-state index contributed by atoms with van der Waals surface area (Å²) in [4.78, 5) is 0. The maximum absolute atomic E-state index is 7.18. The molecule has 0 aliphatic rings. The molecule has 0 atom stereocenters. The monoisotopic (exact) mass is 714 g/mol. The van der Waals surface area contributed by atoms with Gasteiger partial charge in [-0.2, -0.15) is 0 Å². The molecule has 0 radical (unpaired) electrons. The molecule has 0 aromatic heterocycles. The summed E-state index contributed by atoms with van der Waals surface area (Å²) < 4.78 is 48.1. The number of aryl methyl sites for hydroxylation is 6. The van der Waals surface area contributed by atoms with Crippen LogP contribution in [0.25, 0.3) is 0 Å². The highest BCUT2D eigenvalue weighted by Crippen LogP contribution is 2.33. The van der Waals surface area contributed by atoms with E-state index in [1.807, 2.05) is 187 Å². The van der Waals surface area contributed by atoms with E-state index in [1.54, 1.807) is 0 Å². The van der Waals surface area contributed by atoms with Gasteiger partial charge in [-0.25, -0.2) is 0 Å². The lowest BCUT2D eigenvalue weighted by Gasteiger charge is -2.35. The normalized spacial score (nSPS) is 11.4. The van der Waals surface area contributed by atoms with Crippen molar-refractivity contribution in [3.63, 3.8) is 0 Å². The number of rotatable bonds is 14. The third-order valence-corrected chi connectivity index (χ3v) is 12.7. The van der Waals surface area contributed by atoms with Crippen molar-refractivity contribution in [2.75, 3.05) is 0 Å². The van der Waals surface area contributed by atoms with E-state index in [4.69, 9.17) is 30.7 Å². The molecule has 0 bridgehead atoms. The van der Waals surface area contributed by atoms with Gasteiger partial charge in [-0.1, -0.05) is 106 Å². The van der Waals surface area contributed by atoms with Gasteiger partial charge in [-0.3, -0.25) is 4.12 Å². The van der Waals surface area contributed by atoms with Crippen LogP contribution in [-0.2, 0) is 4.12 Å². The van der Waals surface area contributed by atoms with E-state index in [9.17, 15) is 0 Å². The Balaban J connectivity index is 1.57. The summed E-state index contributed by atoms with van der Waals surface area (Å²) in [5.74, 6) is 2.81. The van der Waals surface area contributed by atoms with Crippen LogP contribution in [0.5, 0.6) is 34.5 Å². The Kier molecular flexibility index (Phi) is 10.8. The topological polar surface area (TPSA) is 64.6 Å². The Hall–Kier alpha value is -5.49. The maximum Gasteiger partial charge on any atom is 0.889 e. The van der Waals surface area contributed by atoms with Gasteiger partial charge in [0.2, 0.25) is 0 Å². The second-order valence-corrected chi connectivity index (χ2v) is 16.6. The molecule has 0 saturated carbocycles. The first kappa shape index (κ1) is 35.3. The van der Waals surface area contributed by atoms with Crippen molar-refractivity contribution in [2.45, 2.75) is 41.5 Å². The van der Waals surface area contributed by atoms with E-state index >= 15 is 0 Å². The molecule has 0 saturated heterocycles. The zero-order valence-electron chi connectivity index (χ0n) is 29.7. The summed E-state index contributed by atoms with van der Waals surface area (Å²) in [5.41, 5.74) is 6.37. The van der Waals surface area contributed by atoms with Crippen molar-refractivity contribution < 1.29 is 30.7 Å². The second kappa shape index (κ2) is 15.6. The summed E-state index contributed by atoms with van der Waals surface area (Å²) in [5, 5.41) is 0. The quantitative estimate of drug-likeness (QED) is 0.104. The van der Waals surface area contributed by atoms with Crippen LogP contribution >= 0.6 is 0 Å². The van der Waals surface area contributed by atoms with Crippen LogP contribution < -0.4 is 26.6 Å². The van der Waals surface area contributed by atoms with Gasteiger partial charge in [-0.15, -0.1) is 0 Å². The van der Waals surface area contributed by atoms with Crippen LogP contribution in [0.15, 0.2) is 146 Å². The van der Waals surface area contributed by atoms with Crippen LogP contribution in [0.4, 0.5) is 0 Å². The smallest absolute Gasteiger partial charge is 0.462 e. The third-order valence-electron chi connectivity index (χ3n) is 7.83. The molecule has 0 amide bonds. The lowest BCUT2D eigenvalue weighted by molar-refractivity contribution is 0.0761. The van der Waals surface area contributed by atoms with Gasteiger partial charge >= 0.3 is 18.1 Å². The van der Waals surface area contributed by atoms with E-state index in [1.165, 1.54) is 0 Å². The first-order valence-electron chi connectivity index (χ1n) is 16.8. The largest absolute Gasteiger partial charge is 0.889 e. The SMILES string of the molecule is Cc1ccc(O[Si](Oc2ccc(C)cc2)(Oc2ccc(C)cc2)O[Si](Oc2ccc(C)cc2)(Oc2ccc(C)cc2)Oc2ccc(C)cc2)cc1. The van der Waals surface area contributed by atoms with Crippen LogP contribution in [0.3, 0.4) is 0 Å². The van der Waals surface area contributed by atoms with Gasteiger partial charge in [0.15, 0.2) is 0 Å². The molecule has 6 rings (SSSR count). The molecule has 0 N–H and O–H groups in total.